The topological polar surface area (TPSA) is 64.9 Å². The van der Waals surface area contributed by atoms with Gasteiger partial charge in [-0.2, -0.15) is 5.26 Å². The number of hydrogen-bond acceptors (Lipinski definition) is 2. The fourth-order valence-electron chi connectivity index (χ4n) is 3.38. The molecule has 1 aromatic carbocycles. The van der Waals surface area contributed by atoms with Crippen LogP contribution in [0.15, 0.2) is 18.2 Å². The Kier molecular flexibility index (Phi) is 2.90. The van der Waals surface area contributed by atoms with E-state index in [0.29, 0.717) is 5.92 Å². The van der Waals surface area contributed by atoms with Crippen LogP contribution in [0.3, 0.4) is 0 Å². The van der Waals surface area contributed by atoms with E-state index in [-0.39, 0.29) is 18.1 Å². The number of rotatable bonds is 1. The Hall–Kier alpha value is -2.02. The van der Waals surface area contributed by atoms with Gasteiger partial charge in [0.05, 0.1) is 23.7 Å². The lowest BCUT2D eigenvalue weighted by molar-refractivity contribution is 0.247. The van der Waals surface area contributed by atoms with E-state index in [1.165, 1.54) is 5.56 Å². The van der Waals surface area contributed by atoms with Crippen LogP contribution in [-0.4, -0.2) is 18.1 Å². The van der Waals surface area contributed by atoms with Gasteiger partial charge in [-0.25, -0.2) is 4.79 Å². The summed E-state index contributed by atoms with van der Waals surface area (Å²) in [6, 6.07) is 8.65. The molecule has 1 aromatic rings. The van der Waals surface area contributed by atoms with Crippen molar-refractivity contribution in [2.24, 2.45) is 0 Å². The number of urea groups is 1. The Morgan fingerprint density at radius 1 is 1.26 bits per heavy atom. The van der Waals surface area contributed by atoms with Gasteiger partial charge >= 0.3 is 6.03 Å². The molecular weight excluding hydrogens is 238 g/mol. The van der Waals surface area contributed by atoms with Crippen molar-refractivity contribution >= 4 is 6.03 Å². The Morgan fingerprint density at radius 2 is 2.05 bits per heavy atom. The second-order valence-electron chi connectivity index (χ2n) is 5.47. The molecule has 1 saturated carbocycles. The average Bonchev–Trinajstić information content (AvgIpc) is 2.78. The van der Waals surface area contributed by atoms with Gasteiger partial charge < -0.3 is 10.6 Å². The summed E-state index contributed by atoms with van der Waals surface area (Å²) in [5.74, 6) is 0.440. The number of carbonyl (C=O) groups excluding carboxylic acids is 1. The molecular formula is C15H17N3O. The van der Waals surface area contributed by atoms with Crippen LogP contribution in [0.2, 0.25) is 0 Å². The molecule has 2 N–H and O–H groups in total. The van der Waals surface area contributed by atoms with E-state index in [9.17, 15) is 4.79 Å². The molecule has 0 aromatic heterocycles. The molecule has 1 saturated heterocycles. The van der Waals surface area contributed by atoms with E-state index < -0.39 is 0 Å². The Bertz CT molecular complexity index is 561. The van der Waals surface area contributed by atoms with Crippen molar-refractivity contribution in [1.29, 1.82) is 5.26 Å². The first-order valence-electron chi connectivity index (χ1n) is 6.75. The van der Waals surface area contributed by atoms with Crippen molar-refractivity contribution in [3.05, 3.63) is 34.9 Å². The fraction of sp³-hybridized carbons (Fsp3) is 0.467. The van der Waals surface area contributed by atoms with E-state index >= 15 is 0 Å². The van der Waals surface area contributed by atoms with Crippen LogP contribution in [0.1, 0.15) is 41.9 Å². The van der Waals surface area contributed by atoms with Crippen molar-refractivity contribution in [1.82, 2.24) is 10.6 Å². The third-order valence-electron chi connectivity index (χ3n) is 4.42. The molecule has 1 aliphatic carbocycles. The van der Waals surface area contributed by atoms with Crippen molar-refractivity contribution in [3.8, 4) is 6.07 Å². The second kappa shape index (κ2) is 4.58. The molecule has 98 valence electrons. The zero-order chi connectivity index (χ0) is 13.4. The summed E-state index contributed by atoms with van der Waals surface area (Å²) < 4.78 is 0. The van der Waals surface area contributed by atoms with Gasteiger partial charge in [-0.3, -0.25) is 0 Å². The first-order chi connectivity index (χ1) is 9.19. The molecule has 4 heteroatoms. The number of nitrogens with zero attached hydrogens (tertiary/aromatic N) is 1. The predicted molar refractivity (Wildman–Crippen MR) is 71.7 cm³/mol. The van der Waals surface area contributed by atoms with Gasteiger partial charge in [0.15, 0.2) is 0 Å². The minimum absolute atomic E-state index is 0.0434. The zero-order valence-corrected chi connectivity index (χ0v) is 10.9. The summed E-state index contributed by atoms with van der Waals surface area (Å²) in [6.45, 7) is 2.02. The molecule has 19 heavy (non-hydrogen) atoms. The molecule has 3 atom stereocenters. The Labute approximate surface area is 112 Å². The van der Waals surface area contributed by atoms with Crippen LogP contribution >= 0.6 is 0 Å². The van der Waals surface area contributed by atoms with E-state index in [1.807, 2.05) is 19.1 Å². The quantitative estimate of drug-likeness (QED) is 0.807. The average molecular weight is 255 g/mol. The maximum atomic E-state index is 11.4. The summed E-state index contributed by atoms with van der Waals surface area (Å²) in [7, 11) is 0. The summed E-state index contributed by atoms with van der Waals surface area (Å²) in [5.41, 5.74) is 3.11. The monoisotopic (exact) mass is 255 g/mol. The number of amides is 2. The highest BCUT2D eigenvalue weighted by atomic mass is 16.2. The predicted octanol–water partition coefficient (Wildman–Crippen LogP) is 2.18. The lowest BCUT2D eigenvalue weighted by Gasteiger charge is -2.31. The molecule has 1 heterocycles. The first-order valence-corrected chi connectivity index (χ1v) is 6.75. The Balaban J connectivity index is 1.84. The number of nitrogens with one attached hydrogen (secondary N) is 2. The smallest absolute Gasteiger partial charge is 0.315 e. The maximum absolute atomic E-state index is 11.4. The van der Waals surface area contributed by atoms with Crippen LogP contribution in [0.25, 0.3) is 0 Å². The minimum Gasteiger partial charge on any atom is -0.333 e. The molecule has 0 bridgehead atoms. The van der Waals surface area contributed by atoms with Crippen LogP contribution in [-0.2, 0) is 0 Å². The number of fused-ring (bicyclic) bond motifs is 1. The van der Waals surface area contributed by atoms with Gasteiger partial charge in [0.2, 0.25) is 0 Å². The highest BCUT2D eigenvalue weighted by Crippen LogP contribution is 2.36. The minimum atomic E-state index is -0.0434. The van der Waals surface area contributed by atoms with E-state index in [2.05, 4.69) is 22.8 Å². The molecule has 3 rings (SSSR count). The molecule has 2 amide bonds. The molecule has 2 aliphatic rings. The number of benzene rings is 1. The lowest BCUT2D eigenvalue weighted by atomic mass is 9.77. The summed E-state index contributed by atoms with van der Waals surface area (Å²) >= 11 is 0. The van der Waals surface area contributed by atoms with Gasteiger partial charge in [-0.15, -0.1) is 0 Å². The van der Waals surface area contributed by atoms with E-state index in [0.717, 1.165) is 30.4 Å². The normalized spacial score (nSPS) is 29.1. The highest BCUT2D eigenvalue weighted by molar-refractivity contribution is 5.77. The van der Waals surface area contributed by atoms with Crippen LogP contribution in [0, 0.1) is 18.3 Å². The third-order valence-corrected chi connectivity index (χ3v) is 4.42. The van der Waals surface area contributed by atoms with Crippen molar-refractivity contribution in [3.63, 3.8) is 0 Å². The second-order valence-corrected chi connectivity index (χ2v) is 5.47. The Morgan fingerprint density at radius 3 is 2.84 bits per heavy atom. The third kappa shape index (κ3) is 2.06. The maximum Gasteiger partial charge on any atom is 0.315 e. The molecule has 2 fully saturated rings. The van der Waals surface area contributed by atoms with Crippen molar-refractivity contribution < 1.29 is 4.79 Å². The lowest BCUT2D eigenvalue weighted by Crippen LogP contribution is -2.39. The first kappa shape index (κ1) is 12.0. The van der Waals surface area contributed by atoms with Gasteiger partial charge in [0, 0.05) is 0 Å². The largest absolute Gasteiger partial charge is 0.333 e. The summed E-state index contributed by atoms with van der Waals surface area (Å²) in [4.78, 5) is 11.4. The molecule has 4 nitrogen and oxygen atoms in total. The van der Waals surface area contributed by atoms with Crippen LogP contribution < -0.4 is 10.6 Å². The van der Waals surface area contributed by atoms with Gasteiger partial charge in [-0.1, -0.05) is 12.1 Å². The fourth-order valence-corrected chi connectivity index (χ4v) is 3.38. The highest BCUT2D eigenvalue weighted by Gasteiger charge is 2.37. The van der Waals surface area contributed by atoms with Gasteiger partial charge in [0.25, 0.3) is 0 Å². The van der Waals surface area contributed by atoms with Gasteiger partial charge in [0.1, 0.15) is 0 Å². The number of carbonyl (C=O) groups is 1. The number of hydrogen-bond donors (Lipinski definition) is 2. The van der Waals surface area contributed by atoms with Crippen LogP contribution in [0.4, 0.5) is 4.79 Å². The molecule has 1 aliphatic heterocycles. The van der Waals surface area contributed by atoms with Gasteiger partial charge in [-0.05, 0) is 49.3 Å². The molecule has 3 unspecified atom stereocenters. The SMILES string of the molecule is Cc1c(C#N)cccc1C1CCC2NC(=O)NC2C1. The van der Waals surface area contributed by atoms with Crippen molar-refractivity contribution in [2.45, 2.75) is 44.2 Å². The standard InChI is InChI=1S/C15H17N3O/c1-9-11(8-16)3-2-4-12(9)10-5-6-13-14(7-10)18-15(19)17-13/h2-4,10,13-14H,5-7H2,1H3,(H2,17,18,19). The van der Waals surface area contributed by atoms with E-state index in [1.54, 1.807) is 0 Å². The molecule has 0 radical (unpaired) electrons. The molecule has 0 spiro atoms. The zero-order valence-electron chi connectivity index (χ0n) is 10.9. The van der Waals surface area contributed by atoms with Crippen LogP contribution in [0.5, 0.6) is 0 Å². The summed E-state index contributed by atoms with van der Waals surface area (Å²) in [6.07, 6.45) is 3.03. The van der Waals surface area contributed by atoms with Crippen molar-refractivity contribution in [2.75, 3.05) is 0 Å². The van der Waals surface area contributed by atoms with E-state index in [4.69, 9.17) is 5.26 Å². The summed E-state index contributed by atoms with van der Waals surface area (Å²) in [5, 5.41) is 15.1. The number of nitriles is 1.